The normalized spacial score (nSPS) is 18.0. The molecule has 2 N–H and O–H groups in total. The molecule has 2 atom stereocenters. The number of nitrogens with zero attached hydrogens (tertiary/aromatic N) is 2. The molecule has 1 aromatic heterocycles. The van der Waals surface area contributed by atoms with Crippen LogP contribution in [-0.4, -0.2) is 56.4 Å². The standard InChI is InChI=1S/C21H28ClN3O3S/c1-4-23-21(24-12-18(26)19-5-6-20(22)29-19)25-8-7-14(13-25)15-9-16(27-2)11-17(10-15)28-3/h5-6,9-11,14,18,26H,4,7-8,12-13H2,1-3H3,(H,23,24). The summed E-state index contributed by atoms with van der Waals surface area (Å²) in [5, 5.41) is 13.8. The number of hydrogen-bond donors (Lipinski definition) is 2. The fraction of sp³-hybridized carbons (Fsp3) is 0.476. The van der Waals surface area contributed by atoms with Crippen molar-refractivity contribution >= 4 is 28.9 Å². The van der Waals surface area contributed by atoms with Crippen molar-refractivity contribution in [2.45, 2.75) is 25.4 Å². The van der Waals surface area contributed by atoms with Gasteiger partial charge < -0.3 is 24.8 Å². The monoisotopic (exact) mass is 437 g/mol. The lowest BCUT2D eigenvalue weighted by Gasteiger charge is -2.22. The number of hydrogen-bond acceptors (Lipinski definition) is 5. The molecule has 2 aromatic rings. The van der Waals surface area contributed by atoms with Crippen LogP contribution in [0.5, 0.6) is 11.5 Å². The average Bonchev–Trinajstić information content (AvgIpc) is 3.40. The number of benzene rings is 1. The molecule has 1 aliphatic rings. The highest BCUT2D eigenvalue weighted by Crippen LogP contribution is 2.33. The van der Waals surface area contributed by atoms with Gasteiger partial charge in [0, 0.05) is 36.5 Å². The molecule has 0 saturated carbocycles. The largest absolute Gasteiger partial charge is 0.497 e. The molecule has 2 unspecified atom stereocenters. The fourth-order valence-electron chi connectivity index (χ4n) is 3.49. The Balaban J connectivity index is 1.70. The zero-order chi connectivity index (χ0) is 20.8. The van der Waals surface area contributed by atoms with E-state index in [-0.39, 0.29) is 0 Å². The molecular weight excluding hydrogens is 410 g/mol. The van der Waals surface area contributed by atoms with Crippen LogP contribution in [0, 0.1) is 0 Å². The molecule has 3 rings (SSSR count). The zero-order valence-corrected chi connectivity index (χ0v) is 18.6. The van der Waals surface area contributed by atoms with Crippen LogP contribution < -0.4 is 14.8 Å². The van der Waals surface area contributed by atoms with Crippen LogP contribution in [-0.2, 0) is 0 Å². The maximum absolute atomic E-state index is 10.4. The lowest BCUT2D eigenvalue weighted by atomic mass is 9.98. The molecule has 1 aromatic carbocycles. The summed E-state index contributed by atoms with van der Waals surface area (Å²) in [5.74, 6) is 2.79. The zero-order valence-electron chi connectivity index (χ0n) is 17.0. The van der Waals surface area contributed by atoms with Gasteiger partial charge in [-0.05, 0) is 43.2 Å². The minimum Gasteiger partial charge on any atom is -0.497 e. The summed E-state index contributed by atoms with van der Waals surface area (Å²) in [5.41, 5.74) is 1.20. The lowest BCUT2D eigenvalue weighted by molar-refractivity contribution is 0.190. The second kappa shape index (κ2) is 10.2. The van der Waals surface area contributed by atoms with Gasteiger partial charge in [-0.2, -0.15) is 0 Å². The molecule has 0 bridgehead atoms. The highest BCUT2D eigenvalue weighted by molar-refractivity contribution is 7.16. The lowest BCUT2D eigenvalue weighted by Crippen LogP contribution is -2.40. The van der Waals surface area contributed by atoms with Crippen molar-refractivity contribution in [3.05, 3.63) is 45.1 Å². The maximum Gasteiger partial charge on any atom is 0.194 e. The summed E-state index contributed by atoms with van der Waals surface area (Å²) in [6.45, 7) is 4.87. The van der Waals surface area contributed by atoms with Crippen molar-refractivity contribution in [3.63, 3.8) is 0 Å². The number of aliphatic imine (C=N–C) groups is 1. The number of guanidine groups is 1. The van der Waals surface area contributed by atoms with E-state index in [4.69, 9.17) is 21.1 Å². The van der Waals surface area contributed by atoms with Gasteiger partial charge in [-0.25, -0.2) is 0 Å². The first-order valence-electron chi connectivity index (χ1n) is 9.73. The predicted molar refractivity (Wildman–Crippen MR) is 119 cm³/mol. The topological polar surface area (TPSA) is 66.3 Å². The van der Waals surface area contributed by atoms with Gasteiger partial charge in [0.25, 0.3) is 0 Å². The summed E-state index contributed by atoms with van der Waals surface area (Å²) in [7, 11) is 3.34. The quantitative estimate of drug-likeness (QED) is 0.508. The van der Waals surface area contributed by atoms with E-state index >= 15 is 0 Å². The van der Waals surface area contributed by atoms with Crippen LogP contribution in [0.25, 0.3) is 0 Å². The van der Waals surface area contributed by atoms with E-state index in [0.717, 1.165) is 48.4 Å². The van der Waals surface area contributed by atoms with Crippen LogP contribution >= 0.6 is 22.9 Å². The van der Waals surface area contributed by atoms with Crippen molar-refractivity contribution in [1.29, 1.82) is 0 Å². The minimum absolute atomic E-state index is 0.299. The Morgan fingerprint density at radius 3 is 2.62 bits per heavy atom. The molecule has 0 aliphatic carbocycles. The van der Waals surface area contributed by atoms with Gasteiger partial charge in [-0.3, -0.25) is 4.99 Å². The Kier molecular flexibility index (Phi) is 7.64. The van der Waals surface area contributed by atoms with E-state index in [1.54, 1.807) is 20.3 Å². The number of likely N-dealkylation sites (tertiary alicyclic amines) is 1. The third kappa shape index (κ3) is 5.56. The van der Waals surface area contributed by atoms with Crippen LogP contribution in [0.3, 0.4) is 0 Å². The number of aliphatic hydroxyl groups is 1. The second-order valence-electron chi connectivity index (χ2n) is 6.93. The van der Waals surface area contributed by atoms with Crippen molar-refractivity contribution < 1.29 is 14.6 Å². The molecular formula is C21H28ClN3O3S. The molecule has 8 heteroatoms. The molecule has 1 saturated heterocycles. The van der Waals surface area contributed by atoms with Crippen LogP contribution in [0.15, 0.2) is 35.3 Å². The minimum atomic E-state index is -0.651. The Labute approximate surface area is 181 Å². The van der Waals surface area contributed by atoms with Crippen molar-refractivity contribution in [2.75, 3.05) is 40.4 Å². The molecule has 1 fully saturated rings. The van der Waals surface area contributed by atoms with Crippen LogP contribution in [0.1, 0.15) is 35.8 Å². The third-order valence-corrected chi connectivity index (χ3v) is 6.34. The predicted octanol–water partition coefficient (Wildman–Crippen LogP) is 3.91. The maximum atomic E-state index is 10.4. The molecule has 29 heavy (non-hydrogen) atoms. The van der Waals surface area contributed by atoms with Gasteiger partial charge in [0.15, 0.2) is 5.96 Å². The van der Waals surface area contributed by atoms with Crippen molar-refractivity contribution in [2.24, 2.45) is 4.99 Å². The molecule has 1 aliphatic heterocycles. The van der Waals surface area contributed by atoms with E-state index < -0.39 is 6.10 Å². The van der Waals surface area contributed by atoms with Crippen LogP contribution in [0.2, 0.25) is 4.34 Å². The highest BCUT2D eigenvalue weighted by atomic mass is 35.5. The molecule has 0 spiro atoms. The molecule has 158 valence electrons. The summed E-state index contributed by atoms with van der Waals surface area (Å²) >= 11 is 7.36. The second-order valence-corrected chi connectivity index (χ2v) is 8.68. The van der Waals surface area contributed by atoms with Gasteiger partial charge in [-0.15, -0.1) is 11.3 Å². The number of halogens is 1. The van der Waals surface area contributed by atoms with Crippen molar-refractivity contribution in [1.82, 2.24) is 10.2 Å². The smallest absolute Gasteiger partial charge is 0.194 e. The van der Waals surface area contributed by atoms with Crippen LogP contribution in [0.4, 0.5) is 0 Å². The number of aliphatic hydroxyl groups excluding tert-OH is 1. The van der Waals surface area contributed by atoms with Gasteiger partial charge in [0.1, 0.15) is 17.6 Å². The van der Waals surface area contributed by atoms with Gasteiger partial charge in [0.05, 0.1) is 25.1 Å². The van der Waals surface area contributed by atoms with Crippen molar-refractivity contribution in [3.8, 4) is 11.5 Å². The molecule has 2 heterocycles. The van der Waals surface area contributed by atoms with E-state index in [0.29, 0.717) is 16.8 Å². The number of ether oxygens (including phenoxy) is 2. The van der Waals surface area contributed by atoms with Gasteiger partial charge >= 0.3 is 0 Å². The first-order chi connectivity index (χ1) is 14.0. The Morgan fingerprint density at radius 2 is 2.03 bits per heavy atom. The number of nitrogens with one attached hydrogen (secondary N) is 1. The van der Waals surface area contributed by atoms with Gasteiger partial charge in [0.2, 0.25) is 0 Å². The number of methoxy groups -OCH3 is 2. The SMILES string of the molecule is CCNC(=NCC(O)c1ccc(Cl)s1)N1CCC(c2cc(OC)cc(OC)c2)C1. The fourth-order valence-corrected chi connectivity index (χ4v) is 4.52. The molecule has 0 amide bonds. The van der Waals surface area contributed by atoms with E-state index in [1.165, 1.54) is 16.9 Å². The molecule has 6 nitrogen and oxygen atoms in total. The Hall–Kier alpha value is -1.96. The van der Waals surface area contributed by atoms with E-state index in [1.807, 2.05) is 19.1 Å². The highest BCUT2D eigenvalue weighted by Gasteiger charge is 2.27. The first-order valence-corrected chi connectivity index (χ1v) is 10.9. The summed E-state index contributed by atoms with van der Waals surface area (Å²) in [6, 6.07) is 9.69. The Morgan fingerprint density at radius 1 is 1.31 bits per heavy atom. The number of rotatable bonds is 7. The third-order valence-electron chi connectivity index (χ3n) is 5.00. The first kappa shape index (κ1) is 21.7. The molecule has 0 radical (unpaired) electrons. The van der Waals surface area contributed by atoms with Gasteiger partial charge in [-0.1, -0.05) is 11.6 Å². The Bertz CT molecular complexity index is 820. The summed E-state index contributed by atoms with van der Waals surface area (Å²) in [4.78, 5) is 7.75. The van der Waals surface area contributed by atoms with E-state index in [2.05, 4.69) is 27.3 Å². The number of thiophene rings is 1. The summed E-state index contributed by atoms with van der Waals surface area (Å²) in [6.07, 6.45) is 0.367. The van der Waals surface area contributed by atoms with E-state index in [9.17, 15) is 5.11 Å². The summed E-state index contributed by atoms with van der Waals surface area (Å²) < 4.78 is 11.5. The average molecular weight is 438 g/mol.